The Kier molecular flexibility index (Phi) is 10.0. The van der Waals surface area contributed by atoms with Crippen LogP contribution in [-0.2, 0) is 4.74 Å². The summed E-state index contributed by atoms with van der Waals surface area (Å²) in [6, 6.07) is 20.1. The molecule has 4 nitrogen and oxygen atoms in total. The molecule has 0 aromatic heterocycles. The zero-order valence-electron chi connectivity index (χ0n) is 17.5. The fraction of sp³-hybridized carbons (Fsp3) is 0.458. The van der Waals surface area contributed by atoms with Crippen LogP contribution < -0.4 is 0 Å². The van der Waals surface area contributed by atoms with Crippen molar-refractivity contribution in [2.75, 3.05) is 45.9 Å². The predicted molar refractivity (Wildman–Crippen MR) is 124 cm³/mol. The van der Waals surface area contributed by atoms with Gasteiger partial charge < -0.3 is 9.64 Å². The van der Waals surface area contributed by atoms with Gasteiger partial charge in [-0.3, -0.25) is 9.69 Å². The van der Waals surface area contributed by atoms with E-state index in [1.54, 1.807) is 0 Å². The summed E-state index contributed by atoms with van der Waals surface area (Å²) < 4.78 is 6.00. The smallest absolute Gasteiger partial charge is 0.166 e. The molecule has 0 saturated carbocycles. The molecular weight excluding hydrogens is 428 g/mol. The molecule has 0 N–H and O–H groups in total. The second-order valence-electron chi connectivity index (χ2n) is 7.59. The third-order valence-corrected chi connectivity index (χ3v) is 5.47. The van der Waals surface area contributed by atoms with Gasteiger partial charge in [-0.2, -0.15) is 0 Å². The largest absolute Gasteiger partial charge is 0.372 e. The number of benzene rings is 2. The molecule has 0 spiro atoms. The second kappa shape index (κ2) is 12.2. The summed E-state index contributed by atoms with van der Waals surface area (Å²) in [5, 5.41) is 0. The van der Waals surface area contributed by atoms with Gasteiger partial charge in [-0.25, -0.2) is 0 Å². The fourth-order valence-corrected chi connectivity index (χ4v) is 3.87. The van der Waals surface area contributed by atoms with Crippen molar-refractivity contribution in [2.24, 2.45) is 5.92 Å². The molecule has 5 heteroatoms. The van der Waals surface area contributed by atoms with Gasteiger partial charge in [0, 0.05) is 57.4 Å². The zero-order valence-corrected chi connectivity index (χ0v) is 19.2. The molecule has 2 aromatic rings. The molecule has 1 heterocycles. The molecule has 3 rings (SSSR count). The summed E-state index contributed by atoms with van der Waals surface area (Å²) in [6.45, 7) is 10.6. The molecule has 2 aromatic carbocycles. The van der Waals surface area contributed by atoms with Crippen LogP contribution in [-0.4, -0.2) is 61.5 Å². The number of hydrogen-bond donors (Lipinski definition) is 0. The monoisotopic (exact) mass is 460 g/mol. The number of carbonyl (C=O) groups is 1. The number of rotatable bonds is 9. The lowest BCUT2D eigenvalue weighted by molar-refractivity contribution is 0.0170. The van der Waals surface area contributed by atoms with Gasteiger partial charge in [0.25, 0.3) is 0 Å². The first kappa shape index (κ1) is 23.7. The topological polar surface area (TPSA) is 32.8 Å². The quantitative estimate of drug-likeness (QED) is 0.516. The molecule has 29 heavy (non-hydrogen) atoms. The summed E-state index contributed by atoms with van der Waals surface area (Å²) >= 11 is 0. The number of Topliss-reactive ketones (excluding diaryl/α,β-unsaturated/α-hetero) is 1. The molecule has 158 valence electrons. The highest BCUT2D eigenvalue weighted by Crippen LogP contribution is 2.20. The summed E-state index contributed by atoms with van der Waals surface area (Å²) in [5.41, 5.74) is 2.06. The van der Waals surface area contributed by atoms with E-state index < -0.39 is 0 Å². The molecule has 1 aliphatic heterocycles. The number of ether oxygens (including phenoxy) is 1. The van der Waals surface area contributed by atoms with Crippen molar-refractivity contribution < 1.29 is 9.53 Å². The van der Waals surface area contributed by atoms with E-state index in [0.717, 1.165) is 51.4 Å². The molecule has 0 bridgehead atoms. The van der Waals surface area contributed by atoms with Crippen molar-refractivity contribution in [2.45, 2.75) is 20.0 Å². The average Bonchev–Trinajstić information content (AvgIpc) is 2.75. The predicted octanol–water partition coefficient (Wildman–Crippen LogP) is 4.48. The maximum atomic E-state index is 12.6. The van der Waals surface area contributed by atoms with Gasteiger partial charge in [0.15, 0.2) is 5.78 Å². The number of halogens is 1. The SMILES string of the molecule is Br.CCOC(CN1CCN(CC(C)C(=O)c2ccccc2)CC1)c1ccccc1. The average molecular weight is 461 g/mol. The zero-order chi connectivity index (χ0) is 19.8. The number of hydrogen-bond acceptors (Lipinski definition) is 4. The maximum Gasteiger partial charge on any atom is 0.166 e. The van der Waals surface area contributed by atoms with E-state index in [1.807, 2.05) is 43.3 Å². The van der Waals surface area contributed by atoms with E-state index in [0.29, 0.717) is 0 Å². The Bertz CT molecular complexity index is 718. The van der Waals surface area contributed by atoms with Gasteiger partial charge in [0.1, 0.15) is 0 Å². The molecular formula is C24H33BrN2O2. The van der Waals surface area contributed by atoms with Crippen LogP contribution in [0.4, 0.5) is 0 Å². The van der Waals surface area contributed by atoms with Crippen LogP contribution in [0.5, 0.6) is 0 Å². The normalized spacial score (nSPS) is 17.3. The van der Waals surface area contributed by atoms with Crippen LogP contribution in [0.15, 0.2) is 60.7 Å². The molecule has 0 radical (unpaired) electrons. The van der Waals surface area contributed by atoms with Crippen molar-refractivity contribution in [3.05, 3.63) is 71.8 Å². The standard InChI is InChI=1S/C24H32N2O2.BrH/c1-3-28-23(21-10-6-4-7-11-21)19-26-16-14-25(15-17-26)18-20(2)24(27)22-12-8-5-9-13-22;/h4-13,20,23H,3,14-19H2,1-2H3;1H. The summed E-state index contributed by atoms with van der Waals surface area (Å²) in [5.74, 6) is 0.262. The first-order valence-electron chi connectivity index (χ1n) is 10.4. The Morgan fingerprint density at radius 2 is 1.41 bits per heavy atom. The van der Waals surface area contributed by atoms with Crippen LogP contribution in [0.1, 0.15) is 35.9 Å². The van der Waals surface area contributed by atoms with E-state index in [1.165, 1.54) is 5.56 Å². The Morgan fingerprint density at radius 3 is 1.97 bits per heavy atom. The highest BCUT2D eigenvalue weighted by molar-refractivity contribution is 8.93. The third kappa shape index (κ3) is 7.03. The lowest BCUT2D eigenvalue weighted by atomic mass is 9.98. The minimum Gasteiger partial charge on any atom is -0.372 e. The van der Waals surface area contributed by atoms with Crippen LogP contribution in [0.25, 0.3) is 0 Å². The van der Waals surface area contributed by atoms with Crippen molar-refractivity contribution in [3.63, 3.8) is 0 Å². The van der Waals surface area contributed by atoms with E-state index >= 15 is 0 Å². The minimum absolute atomic E-state index is 0. The highest BCUT2D eigenvalue weighted by atomic mass is 79.9. The van der Waals surface area contributed by atoms with Gasteiger partial charge in [-0.1, -0.05) is 67.6 Å². The Balaban J connectivity index is 0.00000300. The molecule has 0 amide bonds. The molecule has 2 atom stereocenters. The number of ketones is 1. The van der Waals surface area contributed by atoms with Crippen LogP contribution in [0, 0.1) is 5.92 Å². The number of nitrogens with zero attached hydrogens (tertiary/aromatic N) is 2. The fourth-order valence-electron chi connectivity index (χ4n) is 3.87. The minimum atomic E-state index is 0. The van der Waals surface area contributed by atoms with Crippen molar-refractivity contribution in [3.8, 4) is 0 Å². The lowest BCUT2D eigenvalue weighted by Crippen LogP contribution is -2.49. The lowest BCUT2D eigenvalue weighted by Gasteiger charge is -2.37. The Labute approximate surface area is 185 Å². The maximum absolute atomic E-state index is 12.6. The van der Waals surface area contributed by atoms with Crippen LogP contribution in [0.2, 0.25) is 0 Å². The molecule has 2 unspecified atom stereocenters. The summed E-state index contributed by atoms with van der Waals surface area (Å²) in [7, 11) is 0. The van der Waals surface area contributed by atoms with Gasteiger partial charge >= 0.3 is 0 Å². The number of carbonyl (C=O) groups excluding carboxylic acids is 1. The number of piperazine rings is 1. The van der Waals surface area contributed by atoms with Crippen molar-refractivity contribution in [1.82, 2.24) is 9.80 Å². The summed E-state index contributed by atoms with van der Waals surface area (Å²) in [4.78, 5) is 17.5. The second-order valence-corrected chi connectivity index (χ2v) is 7.59. The van der Waals surface area contributed by atoms with Crippen molar-refractivity contribution in [1.29, 1.82) is 0 Å². The Hall–Kier alpha value is -1.53. The molecule has 1 aliphatic rings. The van der Waals surface area contributed by atoms with E-state index in [2.05, 4.69) is 41.0 Å². The van der Waals surface area contributed by atoms with Crippen LogP contribution >= 0.6 is 17.0 Å². The van der Waals surface area contributed by atoms with Gasteiger partial charge in [0.2, 0.25) is 0 Å². The Morgan fingerprint density at radius 1 is 0.897 bits per heavy atom. The van der Waals surface area contributed by atoms with E-state index in [4.69, 9.17) is 4.74 Å². The molecule has 1 fully saturated rings. The first-order chi connectivity index (χ1) is 13.7. The van der Waals surface area contributed by atoms with Crippen LogP contribution in [0.3, 0.4) is 0 Å². The molecule has 1 saturated heterocycles. The summed E-state index contributed by atoms with van der Waals surface area (Å²) in [6.07, 6.45) is 0.122. The van der Waals surface area contributed by atoms with E-state index in [-0.39, 0.29) is 34.8 Å². The van der Waals surface area contributed by atoms with E-state index in [9.17, 15) is 4.79 Å². The van der Waals surface area contributed by atoms with Crippen molar-refractivity contribution >= 4 is 22.8 Å². The van der Waals surface area contributed by atoms with Gasteiger partial charge in [0.05, 0.1) is 6.10 Å². The van der Waals surface area contributed by atoms with Gasteiger partial charge in [-0.15, -0.1) is 17.0 Å². The first-order valence-corrected chi connectivity index (χ1v) is 10.4. The third-order valence-electron chi connectivity index (χ3n) is 5.47. The highest BCUT2D eigenvalue weighted by Gasteiger charge is 2.24. The molecule has 0 aliphatic carbocycles. The van der Waals surface area contributed by atoms with Gasteiger partial charge in [-0.05, 0) is 12.5 Å².